The number of anilines is 1. The van der Waals surface area contributed by atoms with Crippen molar-refractivity contribution >= 4 is 17.4 Å². The van der Waals surface area contributed by atoms with Crippen LogP contribution in [0.2, 0.25) is 0 Å². The molecule has 5 heteroatoms. The summed E-state index contributed by atoms with van der Waals surface area (Å²) in [7, 11) is 0. The average molecular weight is 258 g/mol. The van der Waals surface area contributed by atoms with E-state index in [1.165, 1.54) is 24.4 Å². The van der Waals surface area contributed by atoms with Gasteiger partial charge in [0.05, 0.1) is 5.69 Å². The minimum Gasteiger partial charge on any atom is -0.465 e. The first-order chi connectivity index (χ1) is 9.06. The Morgan fingerprint density at radius 3 is 2.58 bits per heavy atom. The molecule has 2 aromatic rings. The van der Waals surface area contributed by atoms with Gasteiger partial charge in [-0.2, -0.15) is 0 Å². The van der Waals surface area contributed by atoms with E-state index in [-0.39, 0.29) is 5.82 Å². The van der Waals surface area contributed by atoms with Crippen LogP contribution < -0.4 is 5.32 Å². The van der Waals surface area contributed by atoms with Crippen molar-refractivity contribution in [2.75, 3.05) is 5.32 Å². The van der Waals surface area contributed by atoms with Gasteiger partial charge in [-0.25, -0.2) is 9.18 Å². The Kier molecular flexibility index (Phi) is 3.56. The lowest BCUT2D eigenvalue weighted by molar-refractivity contribution is 0.210. The van der Waals surface area contributed by atoms with Gasteiger partial charge in [-0.1, -0.05) is 18.7 Å². The Bertz CT molecular complexity index is 624. The number of carboxylic acid groups (broad SMARTS) is 1. The summed E-state index contributed by atoms with van der Waals surface area (Å²) in [4.78, 5) is 14.7. The molecule has 0 saturated carbocycles. The molecule has 2 rings (SSSR count). The molecule has 0 fully saturated rings. The molecule has 1 heterocycles. The van der Waals surface area contributed by atoms with Crippen LogP contribution in [0.1, 0.15) is 11.3 Å². The third kappa shape index (κ3) is 3.16. The molecule has 96 valence electrons. The van der Waals surface area contributed by atoms with E-state index in [0.29, 0.717) is 17.0 Å². The molecule has 2 N–H and O–H groups in total. The van der Waals surface area contributed by atoms with Gasteiger partial charge in [-0.15, -0.1) is 0 Å². The zero-order valence-corrected chi connectivity index (χ0v) is 9.93. The van der Waals surface area contributed by atoms with Crippen molar-refractivity contribution < 1.29 is 14.3 Å². The van der Waals surface area contributed by atoms with Gasteiger partial charge in [0.25, 0.3) is 0 Å². The Balaban J connectivity index is 2.28. The monoisotopic (exact) mass is 258 g/mol. The Morgan fingerprint density at radius 2 is 1.95 bits per heavy atom. The van der Waals surface area contributed by atoms with E-state index in [9.17, 15) is 9.18 Å². The highest BCUT2D eigenvalue weighted by molar-refractivity contribution is 5.84. The van der Waals surface area contributed by atoms with Crippen molar-refractivity contribution in [2.24, 2.45) is 0 Å². The number of nitrogens with one attached hydrogen (secondary N) is 1. The Hall–Kier alpha value is -2.69. The van der Waals surface area contributed by atoms with Crippen LogP contribution in [0.4, 0.5) is 14.9 Å². The Labute approximate surface area is 109 Å². The second kappa shape index (κ2) is 5.30. The number of benzene rings is 1. The van der Waals surface area contributed by atoms with Crippen LogP contribution in [0.3, 0.4) is 0 Å². The number of rotatable bonds is 3. The first kappa shape index (κ1) is 12.8. The molecule has 1 amide bonds. The third-order valence-electron chi connectivity index (χ3n) is 2.51. The van der Waals surface area contributed by atoms with Gasteiger partial charge in [0.1, 0.15) is 5.82 Å². The zero-order valence-electron chi connectivity index (χ0n) is 9.93. The van der Waals surface area contributed by atoms with Gasteiger partial charge < -0.3 is 5.11 Å². The highest BCUT2D eigenvalue weighted by atomic mass is 19.1. The molecule has 0 spiro atoms. The zero-order chi connectivity index (χ0) is 13.8. The van der Waals surface area contributed by atoms with Gasteiger partial charge in [0, 0.05) is 17.5 Å². The number of aromatic nitrogens is 1. The Morgan fingerprint density at radius 1 is 1.26 bits per heavy atom. The van der Waals surface area contributed by atoms with Crippen molar-refractivity contribution in [3.8, 4) is 0 Å². The number of hydrogen-bond acceptors (Lipinski definition) is 2. The normalized spacial score (nSPS) is 9.95. The van der Waals surface area contributed by atoms with Crippen molar-refractivity contribution in [3.63, 3.8) is 0 Å². The molecule has 0 saturated heterocycles. The van der Waals surface area contributed by atoms with E-state index in [1.807, 2.05) is 0 Å². The van der Waals surface area contributed by atoms with E-state index in [1.54, 1.807) is 18.2 Å². The van der Waals surface area contributed by atoms with Crippen LogP contribution in [0.15, 0.2) is 49.2 Å². The topological polar surface area (TPSA) is 62.2 Å². The highest BCUT2D eigenvalue weighted by Crippen LogP contribution is 2.22. The third-order valence-corrected chi connectivity index (χ3v) is 2.51. The van der Waals surface area contributed by atoms with Crippen molar-refractivity contribution in [2.45, 2.75) is 0 Å². The fourth-order valence-corrected chi connectivity index (χ4v) is 1.60. The smallest absolute Gasteiger partial charge is 0.409 e. The molecule has 1 aromatic heterocycles. The molecule has 0 aliphatic carbocycles. The molecular weight excluding hydrogens is 247 g/mol. The lowest BCUT2D eigenvalue weighted by Crippen LogP contribution is -2.07. The second-order valence-corrected chi connectivity index (χ2v) is 3.85. The fourth-order valence-electron chi connectivity index (χ4n) is 1.60. The summed E-state index contributed by atoms with van der Waals surface area (Å²) in [5.74, 6) is -0.328. The first-order valence-electron chi connectivity index (χ1n) is 5.47. The van der Waals surface area contributed by atoms with E-state index in [4.69, 9.17) is 5.11 Å². The maximum absolute atomic E-state index is 12.8. The number of pyridine rings is 1. The van der Waals surface area contributed by atoms with Crippen LogP contribution in [-0.2, 0) is 0 Å². The van der Waals surface area contributed by atoms with Gasteiger partial charge >= 0.3 is 6.09 Å². The largest absolute Gasteiger partial charge is 0.465 e. The summed E-state index contributed by atoms with van der Waals surface area (Å²) in [6.07, 6.45) is 0.333. The van der Waals surface area contributed by atoms with E-state index >= 15 is 0 Å². The maximum atomic E-state index is 12.8. The summed E-state index contributed by atoms with van der Waals surface area (Å²) < 4.78 is 12.8. The molecule has 0 atom stereocenters. The van der Waals surface area contributed by atoms with Crippen LogP contribution in [-0.4, -0.2) is 16.2 Å². The number of carbonyl (C=O) groups is 1. The van der Waals surface area contributed by atoms with Gasteiger partial charge in [0.15, 0.2) is 0 Å². The number of halogens is 1. The number of amides is 1. The van der Waals surface area contributed by atoms with E-state index < -0.39 is 6.09 Å². The number of nitrogens with zero attached hydrogens (tertiary/aromatic N) is 1. The van der Waals surface area contributed by atoms with Crippen molar-refractivity contribution in [1.82, 2.24) is 4.98 Å². The molecule has 0 bridgehead atoms. The van der Waals surface area contributed by atoms with Crippen molar-refractivity contribution in [1.29, 1.82) is 0 Å². The summed E-state index contributed by atoms with van der Waals surface area (Å²) in [6.45, 7) is 3.88. The van der Waals surface area contributed by atoms with E-state index in [2.05, 4.69) is 16.9 Å². The minimum absolute atomic E-state index is 0.328. The predicted octanol–water partition coefficient (Wildman–Crippen LogP) is 3.37. The summed E-state index contributed by atoms with van der Waals surface area (Å²) in [5, 5.41) is 10.9. The lowest BCUT2D eigenvalue weighted by atomic mass is 10.0. The summed E-state index contributed by atoms with van der Waals surface area (Å²) in [6, 6.07) is 8.96. The van der Waals surface area contributed by atoms with Gasteiger partial charge in [0.2, 0.25) is 0 Å². The van der Waals surface area contributed by atoms with Crippen molar-refractivity contribution in [3.05, 3.63) is 66.2 Å². The van der Waals surface area contributed by atoms with Gasteiger partial charge in [-0.05, 0) is 29.8 Å². The lowest BCUT2D eigenvalue weighted by Gasteiger charge is -2.07. The molecular formula is C14H11FN2O2. The fraction of sp³-hybridized carbons (Fsp3) is 0. The van der Waals surface area contributed by atoms with Gasteiger partial charge in [-0.3, -0.25) is 10.3 Å². The first-order valence-corrected chi connectivity index (χ1v) is 5.47. The SMILES string of the molecule is C=C(c1ccc(F)cc1)c1cc(NC(=O)O)ccn1. The molecule has 19 heavy (non-hydrogen) atoms. The summed E-state index contributed by atoms with van der Waals surface area (Å²) >= 11 is 0. The molecule has 4 nitrogen and oxygen atoms in total. The molecule has 0 aliphatic rings. The predicted molar refractivity (Wildman–Crippen MR) is 70.4 cm³/mol. The highest BCUT2D eigenvalue weighted by Gasteiger charge is 2.06. The second-order valence-electron chi connectivity index (χ2n) is 3.85. The average Bonchev–Trinajstić information content (AvgIpc) is 2.38. The quantitative estimate of drug-likeness (QED) is 0.887. The molecule has 1 aromatic carbocycles. The molecule has 0 aliphatic heterocycles. The standard InChI is InChI=1S/C14H11FN2O2/c1-9(10-2-4-11(15)5-3-10)13-8-12(6-7-16-13)17-14(18)19/h2-8H,1H2,(H,16,17)(H,18,19). The summed E-state index contributed by atoms with van der Waals surface area (Å²) in [5.41, 5.74) is 2.24. The number of hydrogen-bond donors (Lipinski definition) is 2. The van der Waals surface area contributed by atoms with E-state index in [0.717, 1.165) is 5.56 Å². The van der Waals surface area contributed by atoms with Crippen LogP contribution in [0.25, 0.3) is 5.57 Å². The molecule has 0 unspecified atom stereocenters. The minimum atomic E-state index is -1.15. The maximum Gasteiger partial charge on any atom is 0.409 e. The van der Waals surface area contributed by atoms with Crippen LogP contribution in [0, 0.1) is 5.82 Å². The molecule has 0 radical (unpaired) electrons. The van der Waals surface area contributed by atoms with Crippen LogP contribution >= 0.6 is 0 Å². The van der Waals surface area contributed by atoms with Crippen LogP contribution in [0.5, 0.6) is 0 Å².